The molecule has 0 saturated heterocycles. The molecule has 2 N–H and O–H groups in total. The molecule has 7 aromatic rings. The standard InChI is InChI=1S/C49H56N4O4.C24H32N2O2.C2H6O2.CH4/c1-4-7-9-11-13-38-16-24-44(25-17-38)50-51-45-26-18-39(19-27-45)14-22-41-36-49(57-56-6-3)42(35-43(41)37-54)23-15-40-20-28-46(29-21-40)52-53-47-30-32-48(33-31-47)55-34-12-10-8-5-2;1-5-25(6-2)19-13-9-17(10-14-19)21-23(27)22(24(21)28)18-11-15-20(16-12-18)26(7-3)8-4;1-4-2-3;/h14-33,35-36,54H,4-13,34,37H2,1-3H3;9-16,21-24H,5-8H2,1-4H3;3H,2H2,1H3;1H4/q;-2;;/b22-14+,23-15+,51-50?,53-52?;;;. The molecule has 482 valence electrons. The molecule has 0 aliphatic heterocycles. The number of hydrogen-bond donors (Lipinski definition) is 2. The van der Waals surface area contributed by atoms with Gasteiger partial charge in [-0.15, -0.1) is 12.2 Å². The summed E-state index contributed by atoms with van der Waals surface area (Å²) in [5.74, 6) is 0.500. The van der Waals surface area contributed by atoms with Gasteiger partial charge >= 0.3 is 0 Å². The summed E-state index contributed by atoms with van der Waals surface area (Å²) >= 11 is 0. The first-order valence-electron chi connectivity index (χ1n) is 31.9. The summed E-state index contributed by atoms with van der Waals surface area (Å²) in [7, 11) is 1.43. The predicted octanol–water partition coefficient (Wildman–Crippen LogP) is 17.7. The Morgan fingerprint density at radius 2 is 0.911 bits per heavy atom. The minimum absolute atomic E-state index is 0. The summed E-state index contributed by atoms with van der Waals surface area (Å²) in [6, 6.07) is 51.5. The number of azo groups is 2. The number of benzene rings is 7. The zero-order valence-electron chi connectivity index (χ0n) is 53.7. The number of anilines is 2. The molecule has 0 spiro atoms. The number of aliphatic hydroxyl groups excluding tert-OH is 2. The van der Waals surface area contributed by atoms with Gasteiger partial charge in [0.1, 0.15) is 12.5 Å². The van der Waals surface area contributed by atoms with Crippen LogP contribution in [0.4, 0.5) is 34.1 Å². The van der Waals surface area contributed by atoms with Crippen LogP contribution in [0.3, 0.4) is 0 Å². The Morgan fingerprint density at radius 3 is 1.32 bits per heavy atom. The number of aliphatic hydroxyl groups is 2. The monoisotopic (exact) mass is 1220 g/mol. The van der Waals surface area contributed by atoms with Crippen LogP contribution in [0.5, 0.6) is 11.5 Å². The highest BCUT2D eigenvalue weighted by atomic mass is 17.2. The average Bonchev–Trinajstić information content (AvgIpc) is 1.03. The molecular formula is C76H98N6O8-2. The van der Waals surface area contributed by atoms with Crippen molar-refractivity contribution in [3.63, 3.8) is 0 Å². The van der Waals surface area contributed by atoms with E-state index in [1.165, 1.54) is 57.6 Å². The number of rotatable bonds is 32. The number of hydrogen-bond acceptors (Lipinski definition) is 14. The minimum atomic E-state index is -0.874. The van der Waals surface area contributed by atoms with Gasteiger partial charge in [-0.3, -0.25) is 0 Å². The minimum Gasteiger partial charge on any atom is -0.851 e. The van der Waals surface area contributed by atoms with Gasteiger partial charge in [-0.05, 0) is 202 Å². The molecule has 0 radical (unpaired) electrons. The molecule has 0 bridgehead atoms. The van der Waals surface area contributed by atoms with Gasteiger partial charge in [0.15, 0.2) is 5.75 Å². The van der Waals surface area contributed by atoms with Gasteiger partial charge in [0.05, 0.1) is 42.6 Å². The van der Waals surface area contributed by atoms with Crippen LogP contribution in [0.1, 0.15) is 164 Å². The normalized spacial score (nSPS) is 15.2. The fraction of sp³-hybridized carbons (Fsp3) is 0.395. The lowest BCUT2D eigenvalue weighted by atomic mass is 9.63. The van der Waals surface area contributed by atoms with Gasteiger partial charge in [0.25, 0.3) is 0 Å². The van der Waals surface area contributed by atoms with E-state index >= 15 is 0 Å². The van der Waals surface area contributed by atoms with Crippen molar-refractivity contribution < 1.29 is 39.7 Å². The van der Waals surface area contributed by atoms with Crippen LogP contribution < -0.4 is 29.6 Å². The highest BCUT2D eigenvalue weighted by Gasteiger charge is 2.38. The average molecular weight is 1220 g/mol. The van der Waals surface area contributed by atoms with Crippen molar-refractivity contribution in [1.29, 1.82) is 0 Å². The zero-order valence-corrected chi connectivity index (χ0v) is 53.7. The van der Waals surface area contributed by atoms with Gasteiger partial charge in [-0.2, -0.15) is 25.3 Å². The maximum atomic E-state index is 12.9. The number of nitrogens with zero attached hydrogens (tertiary/aromatic N) is 6. The van der Waals surface area contributed by atoms with Gasteiger partial charge in [-0.25, -0.2) is 0 Å². The smallest absolute Gasteiger partial charge is 0.173 e. The highest BCUT2D eigenvalue weighted by Crippen LogP contribution is 2.46. The Bertz CT molecular complexity index is 3120. The fourth-order valence-electron chi connectivity index (χ4n) is 10.4. The molecule has 7 aromatic carbocycles. The van der Waals surface area contributed by atoms with Crippen molar-refractivity contribution in [2.75, 3.05) is 63.1 Å². The van der Waals surface area contributed by atoms with Crippen LogP contribution in [-0.4, -0.2) is 75.7 Å². The molecular weight excluding hydrogens is 1120 g/mol. The largest absolute Gasteiger partial charge is 0.851 e. The van der Waals surface area contributed by atoms with Gasteiger partial charge in [0.2, 0.25) is 0 Å². The second-order valence-electron chi connectivity index (χ2n) is 21.8. The molecule has 0 amide bonds. The van der Waals surface area contributed by atoms with E-state index in [0.29, 0.717) is 12.4 Å². The lowest BCUT2D eigenvalue weighted by molar-refractivity contribution is -0.536. The first-order chi connectivity index (χ1) is 43.5. The van der Waals surface area contributed by atoms with Gasteiger partial charge < -0.3 is 44.6 Å². The van der Waals surface area contributed by atoms with Crippen LogP contribution in [0.25, 0.3) is 24.3 Å². The van der Waals surface area contributed by atoms with Gasteiger partial charge in [0, 0.05) is 50.2 Å². The van der Waals surface area contributed by atoms with E-state index < -0.39 is 24.0 Å². The second-order valence-corrected chi connectivity index (χ2v) is 21.8. The van der Waals surface area contributed by atoms with E-state index in [1.807, 2.05) is 177 Å². The molecule has 14 nitrogen and oxygen atoms in total. The van der Waals surface area contributed by atoms with Crippen LogP contribution in [-0.2, 0) is 22.7 Å². The molecule has 0 heterocycles. The third-order valence-electron chi connectivity index (χ3n) is 15.7. The molecule has 0 aromatic heterocycles. The fourth-order valence-corrected chi connectivity index (χ4v) is 10.4. The third-order valence-corrected chi connectivity index (χ3v) is 15.7. The molecule has 1 fully saturated rings. The summed E-state index contributed by atoms with van der Waals surface area (Å²) in [6.45, 7) is 19.4. The van der Waals surface area contributed by atoms with Crippen molar-refractivity contribution >= 4 is 58.4 Å². The molecule has 1 aliphatic rings. The third kappa shape index (κ3) is 22.9. The predicted molar refractivity (Wildman–Crippen MR) is 368 cm³/mol. The van der Waals surface area contributed by atoms with Crippen molar-refractivity contribution in [2.24, 2.45) is 20.5 Å². The van der Waals surface area contributed by atoms with E-state index in [4.69, 9.17) is 19.6 Å². The van der Waals surface area contributed by atoms with Crippen molar-refractivity contribution in [3.05, 3.63) is 202 Å². The molecule has 90 heavy (non-hydrogen) atoms. The maximum absolute atomic E-state index is 12.9. The van der Waals surface area contributed by atoms with E-state index in [2.05, 4.69) is 88.7 Å². The van der Waals surface area contributed by atoms with E-state index in [9.17, 15) is 15.3 Å². The number of aryl methyl sites for hydroxylation is 1. The maximum Gasteiger partial charge on any atom is 0.173 e. The number of unbranched alkanes of at least 4 members (excludes halogenated alkanes) is 6. The summed E-state index contributed by atoms with van der Waals surface area (Å²) in [6.07, 6.45) is 17.0. The Kier molecular flexibility index (Phi) is 33.0. The van der Waals surface area contributed by atoms with Crippen LogP contribution in [0, 0.1) is 0 Å². The topological polar surface area (TPSA) is 179 Å². The molecule has 14 heteroatoms. The quantitative estimate of drug-likeness (QED) is 0.0103. The summed E-state index contributed by atoms with van der Waals surface area (Å²) < 4.78 is 9.93. The second kappa shape index (κ2) is 40.7. The molecule has 1 aliphatic carbocycles. The number of methoxy groups -OCH3 is 1. The Labute approximate surface area is 537 Å². The van der Waals surface area contributed by atoms with Crippen LogP contribution in [0.2, 0.25) is 0 Å². The first-order valence-corrected chi connectivity index (χ1v) is 31.9. The first kappa shape index (κ1) is 72.9. The molecule has 0 unspecified atom stereocenters. The Balaban J connectivity index is 0.000000371. The van der Waals surface area contributed by atoms with E-state index in [0.717, 1.165) is 124 Å². The van der Waals surface area contributed by atoms with Crippen LogP contribution >= 0.6 is 0 Å². The lowest BCUT2D eigenvalue weighted by Crippen LogP contribution is -2.63. The molecule has 0 atom stereocenters. The Hall–Kier alpha value is -7.82. The van der Waals surface area contributed by atoms with Crippen LogP contribution in [0.15, 0.2) is 178 Å². The Morgan fingerprint density at radius 1 is 0.489 bits per heavy atom. The van der Waals surface area contributed by atoms with Crippen molar-refractivity contribution in [2.45, 2.75) is 144 Å². The summed E-state index contributed by atoms with van der Waals surface area (Å²) in [5.41, 5.74) is 12.8. The SMILES string of the molecule is C.CCCCCCOc1ccc(N=Nc2ccc(/C=C/c3cc(CO)c(/C=C/c4ccc(N=Nc5ccc(CCCCCC)cc5)cc4)cc3OOCC)cc2)cc1.CCN(CC)c1ccc(C2C([O-])C(c3ccc(N(CC)CC)cc3)C2[O-])cc1.COCO. The lowest BCUT2D eigenvalue weighted by Gasteiger charge is -2.61. The van der Waals surface area contributed by atoms with Crippen molar-refractivity contribution in [1.82, 2.24) is 0 Å². The molecule has 8 rings (SSSR count). The summed E-state index contributed by atoms with van der Waals surface area (Å²) in [4.78, 5) is 15.6. The molecule has 1 saturated carbocycles. The summed E-state index contributed by atoms with van der Waals surface area (Å²) in [5, 5.41) is 61.4. The zero-order chi connectivity index (χ0) is 63.6. The highest BCUT2D eigenvalue weighted by molar-refractivity contribution is 5.78. The van der Waals surface area contributed by atoms with E-state index in [1.54, 1.807) is 0 Å². The van der Waals surface area contributed by atoms with Crippen molar-refractivity contribution in [3.8, 4) is 11.5 Å². The van der Waals surface area contributed by atoms with Gasteiger partial charge in [-0.1, -0.05) is 145 Å². The number of ether oxygens (including phenoxy) is 2. The van der Waals surface area contributed by atoms with E-state index in [-0.39, 0.29) is 20.8 Å².